The van der Waals surface area contributed by atoms with Gasteiger partial charge in [-0.25, -0.2) is 0 Å². The van der Waals surface area contributed by atoms with Crippen LogP contribution >= 0.6 is 35.4 Å². The molecule has 56 valence electrons. The second kappa shape index (κ2) is 3.79. The molecule has 0 aliphatic rings. The maximum atomic E-state index is 5.83. The molecule has 0 N–H and O–H groups in total. The summed E-state index contributed by atoms with van der Waals surface area (Å²) in [6.07, 6.45) is 0. The molecule has 0 spiro atoms. The summed E-state index contributed by atoms with van der Waals surface area (Å²) in [5, 5.41) is 0. The van der Waals surface area contributed by atoms with Gasteiger partial charge in [0.2, 0.25) is 0 Å². The monoisotopic (exact) mass is 288 g/mol. The van der Waals surface area contributed by atoms with Crippen molar-refractivity contribution in [3.63, 3.8) is 0 Å². The Kier molecular flexibility index (Phi) is 3.27. The minimum atomic E-state index is -1.78. The molecule has 0 saturated carbocycles. The molecule has 0 aliphatic carbocycles. The number of benzene rings is 1. The first kappa shape index (κ1) is 8.62. The second-order valence-electron chi connectivity index (χ2n) is 1.95. The number of hydrogen-bond donors (Lipinski definition) is 0. The van der Waals surface area contributed by atoms with Gasteiger partial charge >= 0.3 is 75.7 Å². The van der Waals surface area contributed by atoms with Gasteiger partial charge in [-0.3, -0.25) is 0 Å². The molecular formula is C7H7Cl2I. The van der Waals surface area contributed by atoms with E-state index in [9.17, 15) is 0 Å². The van der Waals surface area contributed by atoms with Crippen LogP contribution in [0.5, 0.6) is 0 Å². The molecular weight excluding hydrogens is 282 g/mol. The zero-order valence-electron chi connectivity index (χ0n) is 5.44. The predicted octanol–water partition coefficient (Wildman–Crippen LogP) is 3.98. The van der Waals surface area contributed by atoms with E-state index in [1.807, 2.05) is 31.2 Å². The van der Waals surface area contributed by atoms with Crippen LogP contribution in [-0.4, -0.2) is 0 Å². The van der Waals surface area contributed by atoms with Gasteiger partial charge in [-0.05, 0) is 0 Å². The molecule has 3 heteroatoms. The Morgan fingerprint density at radius 2 is 1.80 bits per heavy atom. The van der Waals surface area contributed by atoms with E-state index in [-0.39, 0.29) is 0 Å². The first-order valence-corrected chi connectivity index (χ1v) is 9.34. The molecule has 1 aromatic carbocycles. The third-order valence-corrected chi connectivity index (χ3v) is 5.38. The predicted molar refractivity (Wildman–Crippen MR) is 55.6 cm³/mol. The summed E-state index contributed by atoms with van der Waals surface area (Å²) < 4.78 is 1.15. The maximum absolute atomic E-state index is 5.83. The molecule has 0 nitrogen and oxygen atoms in total. The van der Waals surface area contributed by atoms with Gasteiger partial charge in [0, 0.05) is 0 Å². The molecule has 0 amide bonds. The summed E-state index contributed by atoms with van der Waals surface area (Å²) in [4.78, 5) is 0. The summed E-state index contributed by atoms with van der Waals surface area (Å²) in [5.74, 6) is 0. The number of halogens is 3. The summed E-state index contributed by atoms with van der Waals surface area (Å²) in [5.41, 5.74) is 1.21. The van der Waals surface area contributed by atoms with Crippen molar-refractivity contribution in [1.29, 1.82) is 0 Å². The van der Waals surface area contributed by atoms with Crippen molar-refractivity contribution < 1.29 is 0 Å². The van der Waals surface area contributed by atoms with Crippen molar-refractivity contribution in [2.45, 2.75) is 6.92 Å². The zero-order chi connectivity index (χ0) is 7.56. The first-order valence-electron chi connectivity index (χ1n) is 2.80. The van der Waals surface area contributed by atoms with E-state index in [1.165, 1.54) is 5.56 Å². The van der Waals surface area contributed by atoms with Gasteiger partial charge < -0.3 is 0 Å². The molecule has 10 heavy (non-hydrogen) atoms. The molecule has 0 radical (unpaired) electrons. The van der Waals surface area contributed by atoms with E-state index in [0.717, 1.165) is 3.57 Å². The molecule has 0 saturated heterocycles. The molecule has 1 rings (SSSR count). The van der Waals surface area contributed by atoms with Gasteiger partial charge in [0.1, 0.15) is 0 Å². The van der Waals surface area contributed by atoms with Crippen LogP contribution in [0, 0.1) is 10.5 Å². The third-order valence-electron chi connectivity index (χ3n) is 1.23. The molecule has 0 aromatic heterocycles. The van der Waals surface area contributed by atoms with E-state index in [4.69, 9.17) is 17.8 Å². The fourth-order valence-corrected chi connectivity index (χ4v) is 4.16. The quantitative estimate of drug-likeness (QED) is 0.686. The Balaban J connectivity index is 3.03. The Morgan fingerprint density at radius 1 is 1.20 bits per heavy atom. The second-order valence-corrected chi connectivity index (χ2v) is 9.05. The van der Waals surface area contributed by atoms with E-state index < -0.39 is 17.6 Å². The van der Waals surface area contributed by atoms with Crippen molar-refractivity contribution >= 4 is 35.4 Å². The number of hydrogen-bond acceptors (Lipinski definition) is 0. The first-order chi connectivity index (χ1) is 4.72. The van der Waals surface area contributed by atoms with Crippen LogP contribution in [0.3, 0.4) is 0 Å². The minimum absolute atomic E-state index is 1.15. The van der Waals surface area contributed by atoms with Crippen LogP contribution in [0.4, 0.5) is 0 Å². The van der Waals surface area contributed by atoms with Crippen LogP contribution in [0.1, 0.15) is 5.56 Å². The van der Waals surface area contributed by atoms with Gasteiger partial charge in [-0.15, -0.1) is 0 Å². The van der Waals surface area contributed by atoms with E-state index in [0.29, 0.717) is 0 Å². The Bertz CT molecular complexity index is 223. The summed E-state index contributed by atoms with van der Waals surface area (Å²) in [6, 6.07) is 7.99. The normalized spacial score (nSPS) is 11.3. The van der Waals surface area contributed by atoms with Crippen LogP contribution in [0.15, 0.2) is 24.3 Å². The Labute approximate surface area is 75.3 Å². The summed E-state index contributed by atoms with van der Waals surface area (Å²) >= 11 is -1.78. The van der Waals surface area contributed by atoms with Crippen LogP contribution in [0.25, 0.3) is 0 Å². The molecule has 0 fully saturated rings. The molecule has 0 unspecified atom stereocenters. The van der Waals surface area contributed by atoms with Gasteiger partial charge in [0.15, 0.2) is 0 Å². The van der Waals surface area contributed by atoms with E-state index in [2.05, 4.69) is 0 Å². The van der Waals surface area contributed by atoms with Crippen molar-refractivity contribution in [3.05, 3.63) is 33.4 Å². The van der Waals surface area contributed by atoms with Gasteiger partial charge in [0.25, 0.3) is 0 Å². The summed E-state index contributed by atoms with van der Waals surface area (Å²) in [7, 11) is 11.7. The van der Waals surface area contributed by atoms with Gasteiger partial charge in [-0.2, -0.15) is 0 Å². The van der Waals surface area contributed by atoms with Crippen LogP contribution in [0.2, 0.25) is 0 Å². The van der Waals surface area contributed by atoms with E-state index in [1.54, 1.807) is 0 Å². The Morgan fingerprint density at radius 3 is 2.20 bits per heavy atom. The SMILES string of the molecule is Cc1ccccc1I(Cl)Cl. The standard InChI is InChI=1S/C7H7Cl2I/c1-6-4-2-3-5-7(6)10(8)9/h2-5H,1H3. The number of aryl methyl sites for hydroxylation is 1. The van der Waals surface area contributed by atoms with Crippen LogP contribution < -0.4 is 0 Å². The number of rotatable bonds is 1. The molecule has 0 atom stereocenters. The molecule has 0 bridgehead atoms. The average molecular weight is 289 g/mol. The third kappa shape index (κ3) is 2.01. The molecule has 1 aromatic rings. The zero-order valence-corrected chi connectivity index (χ0v) is 9.11. The van der Waals surface area contributed by atoms with Gasteiger partial charge in [-0.1, -0.05) is 0 Å². The summed E-state index contributed by atoms with van der Waals surface area (Å²) in [6.45, 7) is 2.03. The Hall–Kier alpha value is 0.530. The van der Waals surface area contributed by atoms with E-state index >= 15 is 0 Å². The molecule has 0 heterocycles. The fraction of sp³-hybridized carbons (Fsp3) is 0.143. The van der Waals surface area contributed by atoms with Crippen molar-refractivity contribution in [2.24, 2.45) is 0 Å². The van der Waals surface area contributed by atoms with Crippen molar-refractivity contribution in [3.8, 4) is 0 Å². The topological polar surface area (TPSA) is 0 Å². The fourth-order valence-electron chi connectivity index (χ4n) is 0.711. The van der Waals surface area contributed by atoms with Gasteiger partial charge in [0.05, 0.1) is 0 Å². The van der Waals surface area contributed by atoms with Crippen molar-refractivity contribution in [1.82, 2.24) is 0 Å². The molecule has 0 aliphatic heterocycles. The van der Waals surface area contributed by atoms with Crippen molar-refractivity contribution in [2.75, 3.05) is 0 Å². The average Bonchev–Trinajstić information content (AvgIpc) is 1.88. The van der Waals surface area contributed by atoms with Crippen LogP contribution in [-0.2, 0) is 0 Å².